The van der Waals surface area contributed by atoms with Gasteiger partial charge in [0.15, 0.2) is 5.11 Å². The molecule has 76 valence electrons. The van der Waals surface area contributed by atoms with Gasteiger partial charge >= 0.3 is 0 Å². The Morgan fingerprint density at radius 2 is 2.07 bits per heavy atom. The van der Waals surface area contributed by atoms with Gasteiger partial charge in [0.05, 0.1) is 0 Å². The van der Waals surface area contributed by atoms with Gasteiger partial charge in [-0.15, -0.1) is 0 Å². The predicted molar refractivity (Wildman–Crippen MR) is 64.1 cm³/mol. The van der Waals surface area contributed by atoms with Crippen molar-refractivity contribution in [2.45, 2.75) is 19.9 Å². The van der Waals surface area contributed by atoms with Gasteiger partial charge in [-0.1, -0.05) is 25.1 Å². The molecule has 0 spiro atoms. The maximum atomic E-state index is 5.63. The minimum absolute atomic E-state index is 0.278. The van der Waals surface area contributed by atoms with E-state index in [1.165, 1.54) is 5.56 Å². The highest BCUT2D eigenvalue weighted by Crippen LogP contribution is 2.21. The molecule has 0 unspecified atom stereocenters. The summed E-state index contributed by atoms with van der Waals surface area (Å²) < 4.78 is 0. The Morgan fingerprint density at radius 1 is 1.43 bits per heavy atom. The molecule has 0 aliphatic heterocycles. The Bertz CT molecular complexity index is 314. The smallest absolute Gasteiger partial charge is 0.168 e. The third-order valence-corrected chi connectivity index (χ3v) is 2.19. The topological polar surface area (TPSA) is 64.1 Å². The SMILES string of the molecule is CCc1cccc(CN)c1NC(N)=S. The lowest BCUT2D eigenvalue weighted by molar-refractivity contribution is 1.05. The van der Waals surface area contributed by atoms with Gasteiger partial charge in [0.25, 0.3) is 0 Å². The fourth-order valence-corrected chi connectivity index (χ4v) is 1.50. The van der Waals surface area contributed by atoms with Gasteiger partial charge in [0, 0.05) is 12.2 Å². The molecule has 1 aromatic carbocycles. The zero-order valence-electron chi connectivity index (χ0n) is 8.21. The number of para-hydroxylation sites is 1. The molecule has 0 aliphatic rings. The lowest BCUT2D eigenvalue weighted by Crippen LogP contribution is -2.21. The van der Waals surface area contributed by atoms with E-state index in [9.17, 15) is 0 Å². The number of hydrogen-bond acceptors (Lipinski definition) is 2. The quantitative estimate of drug-likeness (QED) is 0.658. The van der Waals surface area contributed by atoms with Crippen molar-refractivity contribution in [3.63, 3.8) is 0 Å². The zero-order chi connectivity index (χ0) is 10.6. The van der Waals surface area contributed by atoms with Crippen LogP contribution in [0.4, 0.5) is 5.69 Å². The Balaban J connectivity index is 3.12. The second-order valence-corrected chi connectivity index (χ2v) is 3.44. The van der Waals surface area contributed by atoms with Crippen molar-refractivity contribution < 1.29 is 0 Å². The van der Waals surface area contributed by atoms with E-state index >= 15 is 0 Å². The predicted octanol–water partition coefficient (Wildman–Crippen LogP) is 1.36. The summed E-state index contributed by atoms with van der Waals surface area (Å²) in [5.74, 6) is 0. The third-order valence-electron chi connectivity index (χ3n) is 2.09. The molecular weight excluding hydrogens is 194 g/mol. The first-order chi connectivity index (χ1) is 6.69. The molecule has 4 heteroatoms. The lowest BCUT2D eigenvalue weighted by Gasteiger charge is -2.13. The monoisotopic (exact) mass is 209 g/mol. The van der Waals surface area contributed by atoms with E-state index in [1.54, 1.807) is 0 Å². The van der Waals surface area contributed by atoms with Crippen LogP contribution >= 0.6 is 12.2 Å². The van der Waals surface area contributed by atoms with Crippen LogP contribution in [0.15, 0.2) is 18.2 Å². The van der Waals surface area contributed by atoms with Crippen LogP contribution in [0.25, 0.3) is 0 Å². The molecule has 0 heterocycles. The van der Waals surface area contributed by atoms with Crippen LogP contribution in [0, 0.1) is 0 Å². The fraction of sp³-hybridized carbons (Fsp3) is 0.300. The molecule has 0 saturated carbocycles. The molecule has 0 bridgehead atoms. The van der Waals surface area contributed by atoms with Crippen LogP contribution in [0.5, 0.6) is 0 Å². The van der Waals surface area contributed by atoms with Crippen molar-refractivity contribution in [3.8, 4) is 0 Å². The summed E-state index contributed by atoms with van der Waals surface area (Å²) in [4.78, 5) is 0. The maximum absolute atomic E-state index is 5.63. The molecule has 0 atom stereocenters. The molecule has 1 aromatic rings. The number of rotatable bonds is 3. The van der Waals surface area contributed by atoms with Crippen LogP contribution in [-0.4, -0.2) is 5.11 Å². The van der Waals surface area contributed by atoms with E-state index in [1.807, 2.05) is 18.2 Å². The van der Waals surface area contributed by atoms with E-state index in [0.717, 1.165) is 17.7 Å². The summed E-state index contributed by atoms with van der Waals surface area (Å²) >= 11 is 4.82. The van der Waals surface area contributed by atoms with E-state index in [2.05, 4.69) is 12.2 Å². The first-order valence-corrected chi connectivity index (χ1v) is 4.97. The summed E-state index contributed by atoms with van der Waals surface area (Å²) in [6.07, 6.45) is 0.929. The average Bonchev–Trinajstić information content (AvgIpc) is 2.17. The van der Waals surface area contributed by atoms with E-state index < -0.39 is 0 Å². The van der Waals surface area contributed by atoms with Crippen LogP contribution in [0.2, 0.25) is 0 Å². The minimum Gasteiger partial charge on any atom is -0.376 e. The van der Waals surface area contributed by atoms with Crippen LogP contribution in [0.1, 0.15) is 18.1 Å². The highest BCUT2D eigenvalue weighted by atomic mass is 32.1. The number of nitrogens with one attached hydrogen (secondary N) is 1. The molecule has 0 saturated heterocycles. The van der Waals surface area contributed by atoms with Gasteiger partial charge in [-0.25, -0.2) is 0 Å². The third kappa shape index (κ3) is 2.43. The number of nitrogens with two attached hydrogens (primary N) is 2. The molecule has 0 amide bonds. The Labute approximate surface area is 89.5 Å². The summed E-state index contributed by atoms with van der Waals surface area (Å²) in [5, 5.41) is 3.25. The minimum atomic E-state index is 0.278. The van der Waals surface area contributed by atoms with Crippen LogP contribution in [0.3, 0.4) is 0 Å². The summed E-state index contributed by atoms with van der Waals surface area (Å²) in [6, 6.07) is 6.01. The fourth-order valence-electron chi connectivity index (χ4n) is 1.40. The summed E-state index contributed by atoms with van der Waals surface area (Å²) in [7, 11) is 0. The molecule has 0 aliphatic carbocycles. The van der Waals surface area contributed by atoms with E-state index in [0.29, 0.717) is 6.54 Å². The second kappa shape index (κ2) is 4.93. The summed E-state index contributed by atoms with van der Waals surface area (Å²) in [5.41, 5.74) is 14.3. The highest BCUT2D eigenvalue weighted by Gasteiger charge is 2.05. The number of benzene rings is 1. The first-order valence-electron chi connectivity index (χ1n) is 4.56. The van der Waals surface area contributed by atoms with Gasteiger partial charge in [-0.2, -0.15) is 0 Å². The van der Waals surface area contributed by atoms with Crippen LogP contribution < -0.4 is 16.8 Å². The Hall–Kier alpha value is -1.13. The molecule has 0 fully saturated rings. The normalized spacial score (nSPS) is 9.86. The standard InChI is InChI=1S/C10H15N3S/c1-2-7-4-3-5-8(6-11)9(7)13-10(12)14/h3-5H,2,6,11H2,1H3,(H3,12,13,14). The van der Waals surface area contributed by atoms with Crippen molar-refractivity contribution in [2.24, 2.45) is 11.5 Å². The molecule has 3 nitrogen and oxygen atoms in total. The Morgan fingerprint density at radius 3 is 2.57 bits per heavy atom. The average molecular weight is 209 g/mol. The summed E-state index contributed by atoms with van der Waals surface area (Å²) in [6.45, 7) is 2.57. The van der Waals surface area contributed by atoms with Crippen molar-refractivity contribution >= 4 is 23.0 Å². The number of anilines is 1. The molecule has 0 radical (unpaired) electrons. The molecule has 0 aromatic heterocycles. The van der Waals surface area contributed by atoms with E-state index in [4.69, 9.17) is 23.7 Å². The van der Waals surface area contributed by atoms with Crippen molar-refractivity contribution in [2.75, 3.05) is 5.32 Å². The van der Waals surface area contributed by atoms with Gasteiger partial charge in [-0.3, -0.25) is 0 Å². The van der Waals surface area contributed by atoms with E-state index in [-0.39, 0.29) is 5.11 Å². The van der Waals surface area contributed by atoms with Gasteiger partial charge in [-0.05, 0) is 29.8 Å². The molecule has 1 rings (SSSR count). The molecular formula is C10H15N3S. The lowest BCUT2D eigenvalue weighted by atomic mass is 10.1. The zero-order valence-corrected chi connectivity index (χ0v) is 9.03. The second-order valence-electron chi connectivity index (χ2n) is 3.00. The highest BCUT2D eigenvalue weighted by molar-refractivity contribution is 7.80. The largest absolute Gasteiger partial charge is 0.376 e. The van der Waals surface area contributed by atoms with Crippen molar-refractivity contribution in [3.05, 3.63) is 29.3 Å². The van der Waals surface area contributed by atoms with Crippen molar-refractivity contribution in [1.29, 1.82) is 0 Å². The molecule has 5 N–H and O–H groups in total. The van der Waals surface area contributed by atoms with Crippen molar-refractivity contribution in [1.82, 2.24) is 0 Å². The number of aryl methyl sites for hydroxylation is 1. The van der Waals surface area contributed by atoms with Gasteiger partial charge in [0.2, 0.25) is 0 Å². The number of thiocarbonyl (C=S) groups is 1. The first kappa shape index (κ1) is 10.9. The number of hydrogen-bond donors (Lipinski definition) is 3. The maximum Gasteiger partial charge on any atom is 0.168 e. The van der Waals surface area contributed by atoms with Crippen LogP contribution in [-0.2, 0) is 13.0 Å². The van der Waals surface area contributed by atoms with Gasteiger partial charge in [0.1, 0.15) is 0 Å². The molecule has 14 heavy (non-hydrogen) atoms. The van der Waals surface area contributed by atoms with Gasteiger partial charge < -0.3 is 16.8 Å². The Kier molecular flexibility index (Phi) is 3.85.